The zero-order valence-electron chi connectivity index (χ0n) is 14.3. The van der Waals surface area contributed by atoms with Gasteiger partial charge in [0.1, 0.15) is 11.5 Å². The minimum absolute atomic E-state index is 0.460. The first kappa shape index (κ1) is 17.0. The summed E-state index contributed by atoms with van der Waals surface area (Å²) in [6.45, 7) is 13.1. The summed E-state index contributed by atoms with van der Waals surface area (Å²) < 4.78 is 3.88. The highest BCUT2D eigenvalue weighted by molar-refractivity contribution is 6.33. The molecule has 2 aromatic heterocycles. The van der Waals surface area contributed by atoms with E-state index >= 15 is 0 Å². The van der Waals surface area contributed by atoms with Crippen LogP contribution in [-0.2, 0) is 20.1 Å². The maximum Gasteiger partial charge on any atom is 0.185 e. The average molecular weight is 325 g/mol. The van der Waals surface area contributed by atoms with Crippen molar-refractivity contribution in [3.63, 3.8) is 0 Å². The highest BCUT2D eigenvalue weighted by Gasteiger charge is 2.23. The van der Waals surface area contributed by atoms with Gasteiger partial charge in [-0.25, -0.2) is 0 Å². The van der Waals surface area contributed by atoms with Crippen LogP contribution >= 0.6 is 11.6 Å². The third kappa shape index (κ3) is 3.03. The van der Waals surface area contributed by atoms with Crippen molar-refractivity contribution in [3.05, 3.63) is 16.5 Å². The normalized spacial score (nSPS) is 11.9. The molecule has 0 atom stereocenters. The van der Waals surface area contributed by atoms with Gasteiger partial charge in [0, 0.05) is 26.2 Å². The van der Waals surface area contributed by atoms with Crippen LogP contribution in [0.25, 0.3) is 11.5 Å². The van der Waals surface area contributed by atoms with E-state index < -0.39 is 0 Å². The molecule has 2 heterocycles. The molecule has 7 heteroatoms. The Morgan fingerprint density at radius 1 is 1.23 bits per heavy atom. The molecule has 0 spiro atoms. The van der Waals surface area contributed by atoms with E-state index in [0.29, 0.717) is 22.6 Å². The Morgan fingerprint density at radius 2 is 1.91 bits per heavy atom. The van der Waals surface area contributed by atoms with Gasteiger partial charge in [0.2, 0.25) is 0 Å². The number of aromatic nitrogens is 5. The lowest BCUT2D eigenvalue weighted by Crippen LogP contribution is -2.31. The van der Waals surface area contributed by atoms with Crippen LogP contribution in [0, 0.1) is 6.92 Å². The first-order valence-electron chi connectivity index (χ1n) is 7.76. The fourth-order valence-electron chi connectivity index (χ4n) is 2.50. The number of rotatable bonds is 6. The summed E-state index contributed by atoms with van der Waals surface area (Å²) >= 11 is 6.64. The largest absolute Gasteiger partial charge is 0.313 e. The topological polar surface area (TPSA) is 51.8 Å². The zero-order valence-corrected chi connectivity index (χ0v) is 15.0. The van der Waals surface area contributed by atoms with Gasteiger partial charge >= 0.3 is 0 Å². The molecular formula is C15H25ClN6. The van der Waals surface area contributed by atoms with E-state index in [1.54, 1.807) is 0 Å². The van der Waals surface area contributed by atoms with Gasteiger partial charge in [0.25, 0.3) is 0 Å². The van der Waals surface area contributed by atoms with Gasteiger partial charge in [-0.1, -0.05) is 18.5 Å². The molecule has 0 fully saturated rings. The zero-order chi connectivity index (χ0) is 16.4. The first-order valence-corrected chi connectivity index (χ1v) is 8.14. The maximum atomic E-state index is 6.64. The Hall–Kier alpha value is -1.40. The van der Waals surface area contributed by atoms with Crippen molar-refractivity contribution < 1.29 is 0 Å². The second kappa shape index (κ2) is 6.79. The molecule has 6 nitrogen and oxygen atoms in total. The third-order valence-corrected chi connectivity index (χ3v) is 4.48. The van der Waals surface area contributed by atoms with E-state index in [0.717, 1.165) is 31.2 Å². The van der Waals surface area contributed by atoms with Crippen LogP contribution in [0.3, 0.4) is 0 Å². The van der Waals surface area contributed by atoms with Gasteiger partial charge in [0.15, 0.2) is 5.82 Å². The molecule has 0 bridgehead atoms. The smallest absolute Gasteiger partial charge is 0.185 e. The average Bonchev–Trinajstić information content (AvgIpc) is 2.97. The van der Waals surface area contributed by atoms with Crippen molar-refractivity contribution in [2.75, 3.05) is 6.54 Å². The SMILES string of the molecule is CCN(Cc1c(Cl)c(-c2nnc(C)n2C)nn1CC)C(C)C. The molecule has 0 saturated carbocycles. The van der Waals surface area contributed by atoms with Crippen LogP contribution in [0.5, 0.6) is 0 Å². The molecule has 22 heavy (non-hydrogen) atoms. The van der Waals surface area contributed by atoms with Crippen molar-refractivity contribution >= 4 is 11.6 Å². The standard InChI is InChI=1S/C15H25ClN6/c1-7-21(10(3)4)9-12-13(16)14(19-22(12)8-2)15-18-17-11(5)20(15)6/h10H,7-9H2,1-6H3. The molecule has 0 N–H and O–H groups in total. The van der Waals surface area contributed by atoms with Crippen molar-refractivity contribution in [2.45, 2.75) is 53.8 Å². The van der Waals surface area contributed by atoms with Gasteiger partial charge in [0.05, 0.1) is 10.7 Å². The second-order valence-electron chi connectivity index (χ2n) is 5.71. The first-order chi connectivity index (χ1) is 10.4. The van der Waals surface area contributed by atoms with E-state index in [1.807, 2.05) is 23.2 Å². The number of halogens is 1. The quantitative estimate of drug-likeness (QED) is 0.820. The third-order valence-electron chi connectivity index (χ3n) is 4.09. The van der Waals surface area contributed by atoms with E-state index in [1.165, 1.54) is 0 Å². The Balaban J connectivity index is 2.46. The lowest BCUT2D eigenvalue weighted by Gasteiger charge is -2.25. The van der Waals surface area contributed by atoms with Crippen LogP contribution in [-0.4, -0.2) is 42.0 Å². The van der Waals surface area contributed by atoms with Crippen LogP contribution < -0.4 is 0 Å². The van der Waals surface area contributed by atoms with E-state index in [4.69, 9.17) is 11.6 Å². The second-order valence-corrected chi connectivity index (χ2v) is 6.09. The summed E-state index contributed by atoms with van der Waals surface area (Å²) in [4.78, 5) is 2.36. The predicted octanol–water partition coefficient (Wildman–Crippen LogP) is 2.89. The Morgan fingerprint density at radius 3 is 2.36 bits per heavy atom. The lowest BCUT2D eigenvalue weighted by molar-refractivity contribution is 0.218. The number of hydrogen-bond acceptors (Lipinski definition) is 4. The molecule has 0 aromatic carbocycles. The fraction of sp³-hybridized carbons (Fsp3) is 0.667. The van der Waals surface area contributed by atoms with Crippen molar-refractivity contribution in [1.82, 2.24) is 29.4 Å². The molecule has 2 aromatic rings. The van der Waals surface area contributed by atoms with E-state index in [-0.39, 0.29) is 0 Å². The van der Waals surface area contributed by atoms with Gasteiger partial charge in [-0.3, -0.25) is 9.58 Å². The van der Waals surface area contributed by atoms with Crippen LogP contribution in [0.2, 0.25) is 5.02 Å². The van der Waals surface area contributed by atoms with Crippen molar-refractivity contribution in [1.29, 1.82) is 0 Å². The van der Waals surface area contributed by atoms with E-state index in [9.17, 15) is 0 Å². The highest BCUT2D eigenvalue weighted by Crippen LogP contribution is 2.30. The summed E-state index contributed by atoms with van der Waals surface area (Å²) in [5.41, 5.74) is 1.75. The van der Waals surface area contributed by atoms with Crippen molar-refractivity contribution in [3.8, 4) is 11.5 Å². The van der Waals surface area contributed by atoms with E-state index in [2.05, 4.69) is 47.9 Å². The Labute approximate surface area is 137 Å². The van der Waals surface area contributed by atoms with Crippen LogP contribution in [0.15, 0.2) is 0 Å². The van der Waals surface area contributed by atoms with Gasteiger partial charge in [-0.15, -0.1) is 10.2 Å². The Bertz CT molecular complexity index is 643. The molecule has 2 rings (SSSR count). The fourth-order valence-corrected chi connectivity index (χ4v) is 2.78. The van der Waals surface area contributed by atoms with Gasteiger partial charge < -0.3 is 4.57 Å². The summed E-state index contributed by atoms with van der Waals surface area (Å²) in [5, 5.41) is 13.6. The minimum atomic E-state index is 0.460. The number of hydrogen-bond donors (Lipinski definition) is 0. The molecule has 0 saturated heterocycles. The monoisotopic (exact) mass is 324 g/mol. The number of nitrogens with zero attached hydrogens (tertiary/aromatic N) is 6. The molecule has 0 radical (unpaired) electrons. The molecular weight excluding hydrogens is 300 g/mol. The summed E-state index contributed by atoms with van der Waals surface area (Å²) in [5.74, 6) is 1.56. The maximum absolute atomic E-state index is 6.64. The summed E-state index contributed by atoms with van der Waals surface area (Å²) in [6, 6.07) is 0.460. The molecule has 0 aliphatic carbocycles. The minimum Gasteiger partial charge on any atom is -0.313 e. The summed E-state index contributed by atoms with van der Waals surface area (Å²) in [7, 11) is 1.93. The van der Waals surface area contributed by atoms with Crippen LogP contribution in [0.4, 0.5) is 0 Å². The van der Waals surface area contributed by atoms with Crippen LogP contribution in [0.1, 0.15) is 39.2 Å². The molecule has 0 amide bonds. The highest BCUT2D eigenvalue weighted by atomic mass is 35.5. The van der Waals surface area contributed by atoms with Gasteiger partial charge in [-0.2, -0.15) is 5.10 Å². The lowest BCUT2D eigenvalue weighted by atomic mass is 10.2. The summed E-state index contributed by atoms with van der Waals surface area (Å²) in [6.07, 6.45) is 0. The molecule has 0 unspecified atom stereocenters. The molecule has 0 aliphatic heterocycles. The Kier molecular flexibility index (Phi) is 5.24. The predicted molar refractivity (Wildman–Crippen MR) is 88.9 cm³/mol. The molecule has 122 valence electrons. The molecule has 0 aliphatic rings. The number of aryl methyl sites for hydroxylation is 2. The van der Waals surface area contributed by atoms with Crippen molar-refractivity contribution in [2.24, 2.45) is 7.05 Å². The van der Waals surface area contributed by atoms with Gasteiger partial charge in [-0.05, 0) is 34.2 Å².